The van der Waals surface area contributed by atoms with E-state index >= 15 is 0 Å². The monoisotopic (exact) mass is 279 g/mol. The van der Waals surface area contributed by atoms with Gasteiger partial charge >= 0.3 is 0 Å². The molecule has 20 heavy (non-hydrogen) atoms. The van der Waals surface area contributed by atoms with Gasteiger partial charge in [-0.2, -0.15) is 0 Å². The number of aliphatic imine (C=N–C) groups is 1. The van der Waals surface area contributed by atoms with Crippen LogP contribution in [0.4, 0.5) is 0 Å². The summed E-state index contributed by atoms with van der Waals surface area (Å²) in [6, 6.07) is 8.02. The van der Waals surface area contributed by atoms with Crippen molar-refractivity contribution < 1.29 is 9.47 Å². The molecular weight excluding hydrogens is 254 g/mol. The number of guanidine groups is 1. The van der Waals surface area contributed by atoms with Crippen molar-refractivity contribution in [3.63, 3.8) is 0 Å². The second kappa shape index (κ2) is 9.20. The molecule has 0 radical (unpaired) electrons. The first-order valence-corrected chi connectivity index (χ1v) is 6.75. The van der Waals surface area contributed by atoms with E-state index in [2.05, 4.69) is 21.3 Å². The first-order valence-electron chi connectivity index (χ1n) is 6.75. The largest absolute Gasteiger partial charge is 0.496 e. The summed E-state index contributed by atoms with van der Waals surface area (Å²) in [6.45, 7) is 2.34. The van der Waals surface area contributed by atoms with Crippen molar-refractivity contribution in [1.29, 1.82) is 0 Å². The highest BCUT2D eigenvalue weighted by Gasteiger charge is 2.09. The molecule has 0 aliphatic rings. The number of rotatable bonds is 7. The van der Waals surface area contributed by atoms with E-state index in [1.54, 1.807) is 21.3 Å². The fraction of sp³-hybridized carbons (Fsp3) is 0.533. The Morgan fingerprint density at radius 3 is 2.70 bits per heavy atom. The van der Waals surface area contributed by atoms with Gasteiger partial charge in [-0.15, -0.1) is 0 Å². The zero-order chi connectivity index (χ0) is 14.8. The first kappa shape index (κ1) is 16.3. The predicted molar refractivity (Wildman–Crippen MR) is 82.3 cm³/mol. The standard InChI is InChI=1S/C15H25N3O2/c1-16-15(17-10-7-11-19-3)18(2)12-13-8-5-6-9-14(13)20-4/h5-6,8-9H,7,10-12H2,1-4H3,(H,16,17). The van der Waals surface area contributed by atoms with E-state index in [9.17, 15) is 0 Å². The van der Waals surface area contributed by atoms with Gasteiger partial charge in [-0.25, -0.2) is 0 Å². The topological polar surface area (TPSA) is 46.1 Å². The van der Waals surface area contributed by atoms with Crippen LogP contribution in [0.15, 0.2) is 29.3 Å². The molecule has 5 heteroatoms. The number of para-hydroxylation sites is 1. The Morgan fingerprint density at radius 2 is 2.05 bits per heavy atom. The Hall–Kier alpha value is -1.75. The second-order valence-corrected chi connectivity index (χ2v) is 4.49. The van der Waals surface area contributed by atoms with Crippen molar-refractivity contribution >= 4 is 5.96 Å². The van der Waals surface area contributed by atoms with E-state index in [1.165, 1.54) is 0 Å². The second-order valence-electron chi connectivity index (χ2n) is 4.49. The molecule has 1 rings (SSSR count). The van der Waals surface area contributed by atoms with Gasteiger partial charge in [0.05, 0.1) is 7.11 Å². The highest BCUT2D eigenvalue weighted by Crippen LogP contribution is 2.18. The van der Waals surface area contributed by atoms with Gasteiger partial charge in [-0.3, -0.25) is 4.99 Å². The summed E-state index contributed by atoms with van der Waals surface area (Å²) in [7, 11) is 7.20. The van der Waals surface area contributed by atoms with E-state index in [0.717, 1.165) is 43.4 Å². The lowest BCUT2D eigenvalue weighted by atomic mass is 10.2. The Balaban J connectivity index is 2.56. The molecule has 0 amide bonds. The van der Waals surface area contributed by atoms with Gasteiger partial charge in [0.25, 0.3) is 0 Å². The Bertz CT molecular complexity index is 421. The lowest BCUT2D eigenvalue weighted by Gasteiger charge is -2.23. The minimum atomic E-state index is 0.744. The molecule has 0 atom stereocenters. The lowest BCUT2D eigenvalue weighted by molar-refractivity contribution is 0.195. The van der Waals surface area contributed by atoms with Crippen LogP contribution in [-0.4, -0.2) is 52.3 Å². The SMILES string of the molecule is CN=C(NCCCOC)N(C)Cc1ccccc1OC. The number of nitrogens with zero attached hydrogens (tertiary/aromatic N) is 2. The molecule has 112 valence electrons. The van der Waals surface area contributed by atoms with Gasteiger partial charge < -0.3 is 19.7 Å². The quantitative estimate of drug-likeness (QED) is 0.469. The van der Waals surface area contributed by atoms with E-state index in [-0.39, 0.29) is 0 Å². The first-order chi connectivity index (χ1) is 9.72. The van der Waals surface area contributed by atoms with Crippen LogP contribution in [0.1, 0.15) is 12.0 Å². The fourth-order valence-electron chi connectivity index (χ4n) is 1.97. The van der Waals surface area contributed by atoms with Gasteiger partial charge in [0.2, 0.25) is 0 Å². The van der Waals surface area contributed by atoms with Crippen molar-refractivity contribution in [1.82, 2.24) is 10.2 Å². The fourth-order valence-corrected chi connectivity index (χ4v) is 1.97. The van der Waals surface area contributed by atoms with Crippen LogP contribution in [0.2, 0.25) is 0 Å². The molecule has 0 saturated carbocycles. The summed E-state index contributed by atoms with van der Waals surface area (Å²) < 4.78 is 10.4. The van der Waals surface area contributed by atoms with Crippen LogP contribution in [0.25, 0.3) is 0 Å². The molecule has 1 N–H and O–H groups in total. The molecule has 0 aliphatic heterocycles. The summed E-state index contributed by atoms with van der Waals surface area (Å²) in [6.07, 6.45) is 0.956. The maximum Gasteiger partial charge on any atom is 0.193 e. The summed E-state index contributed by atoms with van der Waals surface area (Å²) in [5, 5.41) is 3.32. The Kier molecular flexibility index (Phi) is 7.50. The smallest absolute Gasteiger partial charge is 0.193 e. The van der Waals surface area contributed by atoms with Crippen molar-refractivity contribution in [2.45, 2.75) is 13.0 Å². The van der Waals surface area contributed by atoms with Gasteiger partial charge in [0.15, 0.2) is 5.96 Å². The highest BCUT2D eigenvalue weighted by molar-refractivity contribution is 5.79. The van der Waals surface area contributed by atoms with E-state index in [0.29, 0.717) is 0 Å². The number of nitrogens with one attached hydrogen (secondary N) is 1. The van der Waals surface area contributed by atoms with Crippen LogP contribution in [0, 0.1) is 0 Å². The molecule has 1 aromatic rings. The summed E-state index contributed by atoms with van der Waals surface area (Å²) in [5.41, 5.74) is 1.14. The minimum absolute atomic E-state index is 0.744. The van der Waals surface area contributed by atoms with Crippen molar-refractivity contribution in [3.8, 4) is 5.75 Å². The molecule has 0 unspecified atom stereocenters. The van der Waals surface area contributed by atoms with Crippen molar-refractivity contribution in [3.05, 3.63) is 29.8 Å². The third-order valence-corrected chi connectivity index (χ3v) is 2.98. The lowest BCUT2D eigenvalue weighted by Crippen LogP contribution is -2.39. The number of methoxy groups -OCH3 is 2. The molecule has 0 aliphatic carbocycles. The van der Waals surface area contributed by atoms with Crippen molar-refractivity contribution in [2.75, 3.05) is 41.5 Å². The Labute approximate surface area is 121 Å². The number of ether oxygens (including phenoxy) is 2. The van der Waals surface area contributed by atoms with E-state index < -0.39 is 0 Å². The van der Waals surface area contributed by atoms with Crippen molar-refractivity contribution in [2.24, 2.45) is 4.99 Å². The molecule has 0 bridgehead atoms. The van der Waals surface area contributed by atoms with Crippen LogP contribution in [-0.2, 0) is 11.3 Å². The average molecular weight is 279 g/mol. The predicted octanol–water partition coefficient (Wildman–Crippen LogP) is 1.74. The molecule has 0 saturated heterocycles. The molecule has 0 heterocycles. The zero-order valence-corrected chi connectivity index (χ0v) is 12.8. The van der Waals surface area contributed by atoms with Gasteiger partial charge in [-0.05, 0) is 12.5 Å². The normalized spacial score (nSPS) is 11.3. The Morgan fingerprint density at radius 1 is 1.30 bits per heavy atom. The van der Waals surface area contributed by atoms with Crippen LogP contribution < -0.4 is 10.1 Å². The van der Waals surface area contributed by atoms with E-state index in [4.69, 9.17) is 9.47 Å². The maximum atomic E-state index is 5.37. The summed E-state index contributed by atoms with van der Waals surface area (Å²) in [5.74, 6) is 1.76. The average Bonchev–Trinajstić information content (AvgIpc) is 2.48. The third-order valence-electron chi connectivity index (χ3n) is 2.98. The molecule has 1 aromatic carbocycles. The number of benzene rings is 1. The molecular formula is C15H25N3O2. The molecule has 0 aromatic heterocycles. The van der Waals surface area contributed by atoms with Gasteiger partial charge in [0, 0.05) is 46.5 Å². The molecule has 0 fully saturated rings. The van der Waals surface area contributed by atoms with Gasteiger partial charge in [-0.1, -0.05) is 18.2 Å². The number of hydrogen-bond donors (Lipinski definition) is 1. The summed E-state index contributed by atoms with van der Waals surface area (Å²) >= 11 is 0. The maximum absolute atomic E-state index is 5.37. The highest BCUT2D eigenvalue weighted by atomic mass is 16.5. The summed E-state index contributed by atoms with van der Waals surface area (Å²) in [4.78, 5) is 6.36. The van der Waals surface area contributed by atoms with Crippen LogP contribution in [0.5, 0.6) is 5.75 Å². The number of hydrogen-bond acceptors (Lipinski definition) is 3. The third kappa shape index (κ3) is 5.09. The molecule has 5 nitrogen and oxygen atoms in total. The van der Waals surface area contributed by atoms with Crippen LogP contribution in [0.3, 0.4) is 0 Å². The van der Waals surface area contributed by atoms with Crippen LogP contribution >= 0.6 is 0 Å². The minimum Gasteiger partial charge on any atom is -0.496 e. The van der Waals surface area contributed by atoms with E-state index in [1.807, 2.05) is 25.2 Å². The molecule has 0 spiro atoms. The zero-order valence-electron chi connectivity index (χ0n) is 12.8. The van der Waals surface area contributed by atoms with Gasteiger partial charge in [0.1, 0.15) is 5.75 Å².